The zero-order chi connectivity index (χ0) is 20.1. The summed E-state index contributed by atoms with van der Waals surface area (Å²) in [5, 5.41) is 17.5. The summed E-state index contributed by atoms with van der Waals surface area (Å²) < 4.78 is 1.68. The normalized spacial score (nSPS) is 11.7. The molecular formula is C20H22N6O2. The van der Waals surface area contributed by atoms with Crippen LogP contribution in [0.4, 0.5) is 0 Å². The van der Waals surface area contributed by atoms with E-state index in [1.165, 1.54) is 12.4 Å². The van der Waals surface area contributed by atoms with Gasteiger partial charge in [0.1, 0.15) is 0 Å². The maximum Gasteiger partial charge on any atom is 0.254 e. The molecule has 1 atom stereocenters. The Bertz CT molecular complexity index is 998. The van der Waals surface area contributed by atoms with Crippen LogP contribution in [0, 0.1) is 13.8 Å². The molecule has 2 heterocycles. The van der Waals surface area contributed by atoms with Crippen LogP contribution in [0.25, 0.3) is 5.69 Å². The third-order valence-electron chi connectivity index (χ3n) is 4.19. The number of benzene rings is 1. The molecular weight excluding hydrogens is 356 g/mol. The molecule has 0 saturated heterocycles. The summed E-state index contributed by atoms with van der Waals surface area (Å²) in [6, 6.07) is 9.21. The third-order valence-corrected chi connectivity index (χ3v) is 4.19. The average Bonchev–Trinajstić information content (AvgIpc) is 3.16. The van der Waals surface area contributed by atoms with E-state index in [-0.39, 0.29) is 24.4 Å². The number of carbonyl (C=O) groups excluding carboxylic acids is 2. The lowest BCUT2D eigenvalue weighted by atomic mass is 10.2. The summed E-state index contributed by atoms with van der Waals surface area (Å²) in [7, 11) is 0. The lowest BCUT2D eigenvalue weighted by Gasteiger charge is -2.14. The molecule has 8 heteroatoms. The Morgan fingerprint density at radius 1 is 1.11 bits per heavy atom. The fourth-order valence-electron chi connectivity index (χ4n) is 2.70. The van der Waals surface area contributed by atoms with Crippen LogP contribution >= 0.6 is 0 Å². The van der Waals surface area contributed by atoms with Crippen molar-refractivity contribution in [2.75, 3.05) is 6.54 Å². The lowest BCUT2D eigenvalue weighted by Crippen LogP contribution is -2.41. The number of aromatic nitrogens is 4. The maximum atomic E-state index is 12.4. The predicted molar refractivity (Wildman–Crippen MR) is 104 cm³/mol. The summed E-state index contributed by atoms with van der Waals surface area (Å²) in [5.41, 5.74) is 3.54. The van der Waals surface area contributed by atoms with Crippen molar-refractivity contribution >= 4 is 11.8 Å². The molecule has 0 aliphatic rings. The molecule has 3 rings (SSSR count). The van der Waals surface area contributed by atoms with Crippen LogP contribution in [0.1, 0.15) is 38.9 Å². The van der Waals surface area contributed by atoms with Gasteiger partial charge in [0.25, 0.3) is 11.8 Å². The van der Waals surface area contributed by atoms with Crippen molar-refractivity contribution < 1.29 is 9.59 Å². The molecule has 2 N–H and O–H groups in total. The van der Waals surface area contributed by atoms with Crippen molar-refractivity contribution in [3.8, 4) is 5.69 Å². The van der Waals surface area contributed by atoms with Crippen LogP contribution in [0.15, 0.2) is 48.9 Å². The minimum atomic E-state index is -0.258. The third kappa shape index (κ3) is 4.59. The van der Waals surface area contributed by atoms with E-state index in [1.807, 2.05) is 38.1 Å². The molecule has 0 aliphatic carbocycles. The first-order valence-corrected chi connectivity index (χ1v) is 8.93. The minimum Gasteiger partial charge on any atom is -0.350 e. The zero-order valence-corrected chi connectivity index (χ0v) is 16.0. The van der Waals surface area contributed by atoms with Crippen LogP contribution in [-0.2, 0) is 0 Å². The number of aryl methyl sites for hydroxylation is 2. The van der Waals surface area contributed by atoms with Crippen LogP contribution in [-0.4, -0.2) is 44.4 Å². The molecule has 144 valence electrons. The summed E-state index contributed by atoms with van der Waals surface area (Å²) >= 11 is 0. The summed E-state index contributed by atoms with van der Waals surface area (Å²) in [6.07, 6.45) is 4.62. The highest BCUT2D eigenvalue weighted by atomic mass is 16.2. The molecule has 1 aromatic carbocycles. The monoisotopic (exact) mass is 378 g/mol. The maximum absolute atomic E-state index is 12.4. The first kappa shape index (κ1) is 19.2. The van der Waals surface area contributed by atoms with Crippen LogP contribution in [0.3, 0.4) is 0 Å². The minimum absolute atomic E-state index is 0.247. The molecule has 28 heavy (non-hydrogen) atoms. The van der Waals surface area contributed by atoms with Gasteiger partial charge in [-0.3, -0.25) is 9.59 Å². The number of rotatable bonds is 6. The Balaban J connectivity index is 1.56. The SMILES string of the molecule is Cc1cc(C(=O)NCC(C)NC(=O)c2cnn(-c3ccccc3C)c2)cnn1. The van der Waals surface area contributed by atoms with E-state index >= 15 is 0 Å². The molecule has 1 unspecified atom stereocenters. The standard InChI is InChI=1S/C20H22N6O2/c1-13-6-4-5-7-18(13)26-12-17(11-23-26)20(28)24-15(3)9-21-19(27)16-8-14(2)25-22-10-16/h4-8,10-12,15H,9H2,1-3H3,(H,21,27)(H,24,28). The Morgan fingerprint density at radius 2 is 1.89 bits per heavy atom. The van der Waals surface area contributed by atoms with Gasteiger partial charge in [0.15, 0.2) is 0 Å². The second-order valence-corrected chi connectivity index (χ2v) is 6.63. The van der Waals surface area contributed by atoms with E-state index in [0.29, 0.717) is 16.8 Å². The van der Waals surface area contributed by atoms with Gasteiger partial charge >= 0.3 is 0 Å². The summed E-state index contributed by atoms with van der Waals surface area (Å²) in [4.78, 5) is 24.6. The van der Waals surface area contributed by atoms with Gasteiger partial charge in [0, 0.05) is 18.8 Å². The fourth-order valence-corrected chi connectivity index (χ4v) is 2.70. The summed E-state index contributed by atoms with van der Waals surface area (Å²) in [5.74, 6) is -0.505. The molecule has 8 nitrogen and oxygen atoms in total. The predicted octanol–water partition coefficient (Wildman–Crippen LogP) is 1.83. The van der Waals surface area contributed by atoms with Crippen LogP contribution < -0.4 is 10.6 Å². The van der Waals surface area contributed by atoms with Crippen molar-refractivity contribution in [2.24, 2.45) is 0 Å². The number of nitrogens with one attached hydrogen (secondary N) is 2. The highest BCUT2D eigenvalue weighted by molar-refractivity contribution is 5.95. The highest BCUT2D eigenvalue weighted by Crippen LogP contribution is 2.13. The Morgan fingerprint density at radius 3 is 2.64 bits per heavy atom. The molecule has 0 bridgehead atoms. The highest BCUT2D eigenvalue weighted by Gasteiger charge is 2.14. The van der Waals surface area contributed by atoms with Crippen molar-refractivity contribution in [3.05, 3.63) is 71.3 Å². The van der Waals surface area contributed by atoms with Gasteiger partial charge in [-0.05, 0) is 38.5 Å². The number of carbonyl (C=O) groups is 2. The van der Waals surface area contributed by atoms with E-state index in [9.17, 15) is 9.59 Å². The number of hydrogen-bond acceptors (Lipinski definition) is 5. The molecule has 0 aliphatic heterocycles. The van der Waals surface area contributed by atoms with Crippen molar-refractivity contribution in [1.82, 2.24) is 30.6 Å². The van der Waals surface area contributed by atoms with Gasteiger partial charge in [-0.25, -0.2) is 4.68 Å². The van der Waals surface area contributed by atoms with Crippen LogP contribution in [0.5, 0.6) is 0 Å². The van der Waals surface area contributed by atoms with Gasteiger partial charge < -0.3 is 10.6 Å². The van der Waals surface area contributed by atoms with E-state index in [2.05, 4.69) is 25.9 Å². The molecule has 0 radical (unpaired) electrons. The second-order valence-electron chi connectivity index (χ2n) is 6.63. The topological polar surface area (TPSA) is 102 Å². The number of nitrogens with zero attached hydrogens (tertiary/aromatic N) is 4. The van der Waals surface area contributed by atoms with Gasteiger partial charge in [0.2, 0.25) is 0 Å². The van der Waals surface area contributed by atoms with Gasteiger partial charge in [-0.1, -0.05) is 18.2 Å². The lowest BCUT2D eigenvalue weighted by molar-refractivity contribution is 0.0912. The van der Waals surface area contributed by atoms with E-state index in [4.69, 9.17) is 0 Å². The number of amides is 2. The zero-order valence-electron chi connectivity index (χ0n) is 16.0. The first-order valence-electron chi connectivity index (χ1n) is 8.93. The van der Waals surface area contributed by atoms with Crippen molar-refractivity contribution in [2.45, 2.75) is 26.8 Å². The Hall–Kier alpha value is -3.55. The quantitative estimate of drug-likeness (QED) is 0.681. The molecule has 0 spiro atoms. The number of para-hydroxylation sites is 1. The second kappa shape index (κ2) is 8.43. The first-order chi connectivity index (χ1) is 13.4. The average molecular weight is 378 g/mol. The Kier molecular flexibility index (Phi) is 5.78. The van der Waals surface area contributed by atoms with Crippen LogP contribution in [0.2, 0.25) is 0 Å². The molecule has 0 saturated carbocycles. The van der Waals surface area contributed by atoms with Gasteiger partial charge in [-0.15, -0.1) is 0 Å². The Labute approximate surface area is 163 Å². The van der Waals surface area contributed by atoms with E-state index in [1.54, 1.807) is 23.9 Å². The van der Waals surface area contributed by atoms with Gasteiger partial charge in [0.05, 0.1) is 34.9 Å². The molecule has 0 fully saturated rings. The molecule has 3 aromatic rings. The smallest absolute Gasteiger partial charge is 0.254 e. The van der Waals surface area contributed by atoms with Crippen molar-refractivity contribution in [1.29, 1.82) is 0 Å². The molecule has 2 amide bonds. The fraction of sp³-hybridized carbons (Fsp3) is 0.250. The van der Waals surface area contributed by atoms with Gasteiger partial charge in [-0.2, -0.15) is 15.3 Å². The van der Waals surface area contributed by atoms with E-state index in [0.717, 1.165) is 11.3 Å². The van der Waals surface area contributed by atoms with Crippen molar-refractivity contribution in [3.63, 3.8) is 0 Å². The van der Waals surface area contributed by atoms with E-state index < -0.39 is 0 Å². The number of hydrogen-bond donors (Lipinski definition) is 2. The molecule has 2 aromatic heterocycles. The summed E-state index contributed by atoms with van der Waals surface area (Å²) in [6.45, 7) is 5.86. The largest absolute Gasteiger partial charge is 0.350 e.